The van der Waals surface area contributed by atoms with Crippen LogP contribution in [0, 0.1) is 11.3 Å². The van der Waals surface area contributed by atoms with Crippen molar-refractivity contribution in [3.8, 4) is 6.07 Å². The van der Waals surface area contributed by atoms with Gasteiger partial charge in [0.1, 0.15) is 18.3 Å². The van der Waals surface area contributed by atoms with Gasteiger partial charge in [0.15, 0.2) is 5.76 Å². The highest BCUT2D eigenvalue weighted by Crippen LogP contribution is 2.26. The number of nitriles is 1. The molecule has 0 atom stereocenters. The normalized spacial score (nSPS) is 17.2. The molecule has 0 unspecified atom stereocenters. The van der Waals surface area contributed by atoms with Gasteiger partial charge in [-0.2, -0.15) is 5.26 Å². The van der Waals surface area contributed by atoms with Crippen molar-refractivity contribution in [2.45, 2.75) is 19.3 Å². The first kappa shape index (κ1) is 14.9. The lowest BCUT2D eigenvalue weighted by Gasteiger charge is -2.17. The molecule has 0 saturated carbocycles. The van der Waals surface area contributed by atoms with Crippen molar-refractivity contribution >= 4 is 5.57 Å². The molecule has 114 valence electrons. The van der Waals surface area contributed by atoms with E-state index in [0.717, 1.165) is 24.2 Å². The van der Waals surface area contributed by atoms with Crippen LogP contribution in [-0.4, -0.2) is 4.98 Å². The van der Waals surface area contributed by atoms with Gasteiger partial charge in [-0.15, -0.1) is 0 Å². The average molecular weight is 304 g/mol. The highest BCUT2D eigenvalue weighted by molar-refractivity contribution is 5.77. The summed E-state index contributed by atoms with van der Waals surface area (Å²) in [6.45, 7) is 0. The first-order valence-corrected chi connectivity index (χ1v) is 7.44. The molecule has 0 bridgehead atoms. The third-order valence-electron chi connectivity index (χ3n) is 3.51. The maximum Gasteiger partial charge on any atom is 0.163 e. The summed E-state index contributed by atoms with van der Waals surface area (Å²) in [6.07, 6.45) is 17.2. The Labute approximate surface area is 135 Å². The van der Waals surface area contributed by atoms with Gasteiger partial charge in [0, 0.05) is 30.5 Å². The van der Waals surface area contributed by atoms with Crippen molar-refractivity contribution in [3.63, 3.8) is 0 Å². The van der Waals surface area contributed by atoms with Gasteiger partial charge in [-0.25, -0.2) is 0 Å². The monoisotopic (exact) mass is 304 g/mol. The number of hydrogen-bond acceptors (Lipinski definition) is 4. The van der Waals surface area contributed by atoms with Gasteiger partial charge in [0.2, 0.25) is 0 Å². The summed E-state index contributed by atoms with van der Waals surface area (Å²) in [7, 11) is 0. The van der Waals surface area contributed by atoms with Gasteiger partial charge in [0.05, 0.1) is 11.6 Å². The molecule has 0 spiro atoms. The van der Waals surface area contributed by atoms with Crippen LogP contribution in [0.3, 0.4) is 0 Å². The number of ether oxygens (including phenoxy) is 2. The Kier molecular flexibility index (Phi) is 4.70. The number of aromatic nitrogens is 1. The smallest absolute Gasteiger partial charge is 0.163 e. The molecule has 4 heteroatoms. The van der Waals surface area contributed by atoms with E-state index in [1.54, 1.807) is 30.8 Å². The van der Waals surface area contributed by atoms with Crippen LogP contribution in [0.15, 0.2) is 78.4 Å². The van der Waals surface area contributed by atoms with Crippen LogP contribution in [0.25, 0.3) is 5.57 Å². The molecular weight excluding hydrogens is 288 g/mol. The van der Waals surface area contributed by atoms with Crippen molar-refractivity contribution < 1.29 is 9.47 Å². The molecule has 0 amide bonds. The Bertz CT molecular complexity index is 762. The Morgan fingerprint density at radius 3 is 3.09 bits per heavy atom. The van der Waals surface area contributed by atoms with Gasteiger partial charge in [-0.1, -0.05) is 29.9 Å². The molecule has 23 heavy (non-hydrogen) atoms. The summed E-state index contributed by atoms with van der Waals surface area (Å²) in [5, 5.41) is 9.34. The van der Waals surface area contributed by atoms with Crippen LogP contribution in [0.5, 0.6) is 0 Å². The summed E-state index contributed by atoms with van der Waals surface area (Å²) < 4.78 is 11.2. The zero-order chi connectivity index (χ0) is 15.9. The van der Waals surface area contributed by atoms with Crippen molar-refractivity contribution in [3.05, 3.63) is 84.0 Å². The number of allylic oxidation sites excluding steroid dienone is 6. The molecule has 3 rings (SSSR count). The molecular formula is C19H16N2O2. The molecule has 2 heterocycles. The third-order valence-corrected chi connectivity index (χ3v) is 3.51. The van der Waals surface area contributed by atoms with Crippen LogP contribution in [-0.2, 0) is 9.47 Å². The van der Waals surface area contributed by atoms with E-state index in [1.807, 2.05) is 6.07 Å². The predicted octanol–water partition coefficient (Wildman–Crippen LogP) is 4.38. The number of rotatable bonds is 4. The Hall–Kier alpha value is -3.06. The third kappa shape index (κ3) is 3.98. The first-order chi connectivity index (χ1) is 11.3. The van der Waals surface area contributed by atoms with E-state index < -0.39 is 0 Å². The average Bonchev–Trinajstić information content (AvgIpc) is 2.62. The van der Waals surface area contributed by atoms with Crippen LogP contribution >= 0.6 is 0 Å². The summed E-state index contributed by atoms with van der Waals surface area (Å²) in [5.74, 6) is 1.25. The number of nitrogens with zero attached hydrogens (tertiary/aromatic N) is 2. The first-order valence-electron chi connectivity index (χ1n) is 7.44. The van der Waals surface area contributed by atoms with E-state index in [4.69, 9.17) is 9.47 Å². The Balaban J connectivity index is 1.71. The quantitative estimate of drug-likeness (QED) is 0.774. The second-order valence-corrected chi connectivity index (χ2v) is 5.22. The van der Waals surface area contributed by atoms with Gasteiger partial charge in [-0.05, 0) is 18.9 Å². The molecule has 1 aromatic rings. The molecule has 4 nitrogen and oxygen atoms in total. The lowest BCUT2D eigenvalue weighted by molar-refractivity contribution is 0.228. The molecule has 0 aromatic carbocycles. The molecule has 0 radical (unpaired) electrons. The van der Waals surface area contributed by atoms with Gasteiger partial charge in [0.25, 0.3) is 0 Å². The van der Waals surface area contributed by atoms with Crippen molar-refractivity contribution in [2.75, 3.05) is 0 Å². The molecule has 0 N–H and O–H groups in total. The number of hydrogen-bond donors (Lipinski definition) is 0. The summed E-state index contributed by atoms with van der Waals surface area (Å²) in [4.78, 5) is 4.03. The van der Waals surface area contributed by atoms with Crippen LogP contribution in [0.2, 0.25) is 0 Å². The zero-order valence-electron chi connectivity index (χ0n) is 12.6. The molecule has 1 aliphatic heterocycles. The SMILES string of the molecule is N#CC(=CC1=COC=C(CC2=CC=CCC2)O1)c1cccnc1. The summed E-state index contributed by atoms with van der Waals surface area (Å²) in [5.41, 5.74) is 2.53. The van der Waals surface area contributed by atoms with Gasteiger partial charge < -0.3 is 9.47 Å². The topological polar surface area (TPSA) is 55.1 Å². The van der Waals surface area contributed by atoms with E-state index in [2.05, 4.69) is 29.3 Å². The highest BCUT2D eigenvalue weighted by atomic mass is 16.5. The minimum atomic E-state index is 0.481. The largest absolute Gasteiger partial charge is 0.465 e. The van der Waals surface area contributed by atoms with Crippen molar-refractivity contribution in [1.82, 2.24) is 4.98 Å². The van der Waals surface area contributed by atoms with Crippen LogP contribution < -0.4 is 0 Å². The summed E-state index contributed by atoms with van der Waals surface area (Å²) >= 11 is 0. The maximum absolute atomic E-state index is 9.34. The van der Waals surface area contributed by atoms with E-state index in [-0.39, 0.29) is 0 Å². The molecule has 2 aliphatic rings. The van der Waals surface area contributed by atoms with E-state index >= 15 is 0 Å². The molecule has 0 fully saturated rings. The second-order valence-electron chi connectivity index (χ2n) is 5.22. The highest BCUT2D eigenvalue weighted by Gasteiger charge is 2.12. The molecule has 1 aliphatic carbocycles. The van der Waals surface area contributed by atoms with Crippen LogP contribution in [0.1, 0.15) is 24.8 Å². The summed E-state index contributed by atoms with van der Waals surface area (Å²) in [6, 6.07) is 5.80. The fraction of sp³-hybridized carbons (Fsp3) is 0.158. The fourth-order valence-electron chi connectivity index (χ4n) is 2.39. The van der Waals surface area contributed by atoms with E-state index in [1.165, 1.54) is 11.8 Å². The second kappa shape index (κ2) is 7.28. The maximum atomic E-state index is 9.34. The predicted molar refractivity (Wildman–Crippen MR) is 87.2 cm³/mol. The lowest BCUT2D eigenvalue weighted by atomic mass is 10.0. The van der Waals surface area contributed by atoms with E-state index in [0.29, 0.717) is 17.8 Å². The van der Waals surface area contributed by atoms with E-state index in [9.17, 15) is 5.26 Å². The Morgan fingerprint density at radius 2 is 2.35 bits per heavy atom. The number of pyridine rings is 1. The van der Waals surface area contributed by atoms with Crippen LogP contribution in [0.4, 0.5) is 0 Å². The molecule has 0 saturated heterocycles. The standard InChI is InChI=1S/C19H16N2O2/c20-11-17(16-7-4-8-21-12-16)10-19-14-22-13-18(23-19)9-15-5-2-1-3-6-15/h1-2,4-5,7-8,10,12-14H,3,6,9H2. The molecule has 1 aromatic heterocycles. The van der Waals surface area contributed by atoms with Gasteiger partial charge >= 0.3 is 0 Å². The zero-order valence-corrected chi connectivity index (χ0v) is 12.6. The Morgan fingerprint density at radius 1 is 1.39 bits per heavy atom. The van der Waals surface area contributed by atoms with Gasteiger partial charge in [-0.3, -0.25) is 4.98 Å². The van der Waals surface area contributed by atoms with Crippen molar-refractivity contribution in [1.29, 1.82) is 5.26 Å². The minimum absolute atomic E-state index is 0.481. The minimum Gasteiger partial charge on any atom is -0.465 e. The van der Waals surface area contributed by atoms with Crippen molar-refractivity contribution in [2.24, 2.45) is 0 Å². The fourth-order valence-corrected chi connectivity index (χ4v) is 2.39. The lowest BCUT2D eigenvalue weighted by Crippen LogP contribution is -2.01.